The van der Waals surface area contributed by atoms with E-state index in [2.05, 4.69) is 4.99 Å². The Kier molecular flexibility index (Phi) is 4.27. The van der Waals surface area contributed by atoms with Gasteiger partial charge >= 0.3 is 0 Å². The maximum atomic E-state index is 12.5. The third-order valence-corrected chi connectivity index (χ3v) is 4.76. The topological polar surface area (TPSA) is 99.8 Å². The van der Waals surface area contributed by atoms with Crippen LogP contribution in [0.25, 0.3) is 0 Å². The normalized spacial score (nSPS) is 19.9. The number of sulfonamides is 1. The fraction of sp³-hybridized carbons (Fsp3) is 0.333. The molecule has 20 heavy (non-hydrogen) atoms. The van der Waals surface area contributed by atoms with Crippen LogP contribution < -0.4 is 0 Å². The Balaban J connectivity index is 2.36. The number of isocyanates is 1. The van der Waals surface area contributed by atoms with E-state index >= 15 is 0 Å². The molecule has 1 atom stereocenters. The van der Waals surface area contributed by atoms with Gasteiger partial charge in [0.05, 0.1) is 29.7 Å². The highest BCUT2D eigenvalue weighted by molar-refractivity contribution is 7.89. The zero-order valence-corrected chi connectivity index (χ0v) is 11.2. The van der Waals surface area contributed by atoms with E-state index in [-0.39, 0.29) is 24.7 Å². The first kappa shape index (κ1) is 14.4. The summed E-state index contributed by atoms with van der Waals surface area (Å²) in [4.78, 5) is 13.9. The number of hydrogen-bond donors (Lipinski definition) is 0. The Morgan fingerprint density at radius 3 is 2.65 bits per heavy atom. The van der Waals surface area contributed by atoms with Gasteiger partial charge in [0, 0.05) is 6.54 Å². The fourth-order valence-electron chi connectivity index (χ4n) is 1.86. The Hall–Kier alpha value is -2.04. The van der Waals surface area contributed by atoms with Crippen LogP contribution in [-0.2, 0) is 19.6 Å². The summed E-state index contributed by atoms with van der Waals surface area (Å²) in [6.07, 6.45) is 0.454. The molecule has 1 aromatic carbocycles. The van der Waals surface area contributed by atoms with Gasteiger partial charge < -0.3 is 4.74 Å². The minimum absolute atomic E-state index is 0.0186. The van der Waals surface area contributed by atoms with Crippen molar-refractivity contribution < 1.29 is 17.9 Å². The van der Waals surface area contributed by atoms with Crippen LogP contribution in [0.4, 0.5) is 0 Å². The summed E-state index contributed by atoms with van der Waals surface area (Å²) in [6, 6.07) is 7.46. The van der Waals surface area contributed by atoms with E-state index in [1.165, 1.54) is 30.3 Å². The number of ether oxygens (including phenoxy) is 1. The van der Waals surface area contributed by atoms with Crippen molar-refractivity contribution in [1.29, 1.82) is 5.26 Å². The molecule has 8 heteroatoms. The molecule has 0 bridgehead atoms. The molecule has 1 fully saturated rings. The molecule has 1 unspecified atom stereocenters. The predicted molar refractivity (Wildman–Crippen MR) is 67.8 cm³/mol. The standard InChI is InChI=1S/C12H11N3O4S/c13-7-10-1-3-11(4-2-10)20(17,18)15-5-6-19-8-12(15)14-9-16/h1-4,12H,5-6,8H2. The first-order valence-electron chi connectivity index (χ1n) is 5.76. The summed E-state index contributed by atoms with van der Waals surface area (Å²) in [5.41, 5.74) is 0.369. The van der Waals surface area contributed by atoms with E-state index < -0.39 is 16.2 Å². The van der Waals surface area contributed by atoms with Crippen molar-refractivity contribution in [2.24, 2.45) is 4.99 Å². The quantitative estimate of drug-likeness (QED) is 0.587. The molecular formula is C12H11N3O4S. The van der Waals surface area contributed by atoms with Crippen LogP contribution in [0.3, 0.4) is 0 Å². The molecule has 2 rings (SSSR count). The van der Waals surface area contributed by atoms with Crippen LogP contribution in [0.15, 0.2) is 34.2 Å². The maximum Gasteiger partial charge on any atom is 0.245 e. The van der Waals surface area contributed by atoms with Gasteiger partial charge in [-0.3, -0.25) is 0 Å². The number of nitriles is 1. The molecule has 1 heterocycles. The van der Waals surface area contributed by atoms with E-state index in [4.69, 9.17) is 10.00 Å². The summed E-state index contributed by atoms with van der Waals surface area (Å²) in [5.74, 6) is 0. The van der Waals surface area contributed by atoms with Crippen LogP contribution >= 0.6 is 0 Å². The number of morpholine rings is 1. The Morgan fingerprint density at radius 1 is 1.35 bits per heavy atom. The highest BCUT2D eigenvalue weighted by Gasteiger charge is 2.34. The second-order valence-electron chi connectivity index (χ2n) is 4.03. The molecule has 0 saturated carbocycles. The van der Waals surface area contributed by atoms with E-state index in [9.17, 15) is 13.2 Å². The van der Waals surface area contributed by atoms with Crippen molar-refractivity contribution in [3.63, 3.8) is 0 Å². The molecule has 1 aromatic rings. The molecule has 7 nitrogen and oxygen atoms in total. The highest BCUT2D eigenvalue weighted by Crippen LogP contribution is 2.21. The van der Waals surface area contributed by atoms with Crippen molar-refractivity contribution >= 4 is 16.1 Å². The SMILES string of the molecule is N#Cc1ccc(S(=O)(=O)N2CCOCC2N=C=O)cc1. The Morgan fingerprint density at radius 2 is 2.05 bits per heavy atom. The van der Waals surface area contributed by atoms with Crippen molar-refractivity contribution in [3.8, 4) is 6.07 Å². The lowest BCUT2D eigenvalue weighted by Crippen LogP contribution is -2.47. The molecular weight excluding hydrogens is 282 g/mol. The van der Waals surface area contributed by atoms with Crippen molar-refractivity contribution in [2.45, 2.75) is 11.1 Å². The molecule has 0 spiro atoms. The third kappa shape index (κ3) is 2.76. The van der Waals surface area contributed by atoms with Crippen LogP contribution in [0.1, 0.15) is 5.56 Å². The molecule has 1 aliphatic rings. The Labute approximate surface area is 116 Å². The number of aliphatic imine (C=N–C) groups is 1. The average Bonchev–Trinajstić information content (AvgIpc) is 2.48. The van der Waals surface area contributed by atoms with E-state index in [1.54, 1.807) is 0 Å². The predicted octanol–water partition coefficient (Wildman–Crippen LogP) is 0.241. The average molecular weight is 293 g/mol. The van der Waals surface area contributed by atoms with Crippen molar-refractivity contribution in [2.75, 3.05) is 19.8 Å². The number of benzene rings is 1. The van der Waals surface area contributed by atoms with E-state index in [0.29, 0.717) is 5.56 Å². The van der Waals surface area contributed by atoms with Crippen molar-refractivity contribution in [1.82, 2.24) is 4.31 Å². The zero-order chi connectivity index (χ0) is 14.6. The van der Waals surface area contributed by atoms with Crippen LogP contribution in [0.5, 0.6) is 0 Å². The maximum absolute atomic E-state index is 12.5. The minimum Gasteiger partial charge on any atom is -0.376 e. The molecule has 0 aliphatic carbocycles. The van der Waals surface area contributed by atoms with Gasteiger partial charge in [0.2, 0.25) is 16.1 Å². The lowest BCUT2D eigenvalue weighted by atomic mass is 10.2. The van der Waals surface area contributed by atoms with Crippen LogP contribution in [-0.4, -0.2) is 44.7 Å². The molecule has 1 aliphatic heterocycles. The third-order valence-electron chi connectivity index (χ3n) is 2.85. The van der Waals surface area contributed by atoms with E-state index in [0.717, 1.165) is 4.31 Å². The molecule has 0 aromatic heterocycles. The Bertz CT molecular complexity index is 672. The van der Waals surface area contributed by atoms with Gasteiger partial charge in [-0.05, 0) is 24.3 Å². The summed E-state index contributed by atoms with van der Waals surface area (Å²) in [7, 11) is -3.79. The number of rotatable bonds is 3. The second kappa shape index (κ2) is 5.94. The minimum atomic E-state index is -3.79. The summed E-state index contributed by atoms with van der Waals surface area (Å²) >= 11 is 0. The smallest absolute Gasteiger partial charge is 0.245 e. The fourth-order valence-corrected chi connectivity index (χ4v) is 3.35. The summed E-state index contributed by atoms with van der Waals surface area (Å²) in [5, 5.41) is 8.71. The summed E-state index contributed by atoms with van der Waals surface area (Å²) in [6.45, 7) is 0.364. The van der Waals surface area contributed by atoms with Gasteiger partial charge in [-0.2, -0.15) is 14.6 Å². The number of carbonyl (C=O) groups excluding carboxylic acids is 1. The van der Waals surface area contributed by atoms with Crippen LogP contribution in [0, 0.1) is 11.3 Å². The van der Waals surface area contributed by atoms with Gasteiger partial charge in [0.25, 0.3) is 0 Å². The first-order chi connectivity index (χ1) is 9.59. The molecule has 0 N–H and O–H groups in total. The molecule has 104 valence electrons. The lowest BCUT2D eigenvalue weighted by molar-refractivity contribution is 0.0359. The van der Waals surface area contributed by atoms with Crippen molar-refractivity contribution in [3.05, 3.63) is 29.8 Å². The second-order valence-corrected chi connectivity index (χ2v) is 5.92. The first-order valence-corrected chi connectivity index (χ1v) is 7.20. The van der Waals surface area contributed by atoms with Gasteiger partial charge in [-0.1, -0.05) is 0 Å². The monoisotopic (exact) mass is 293 g/mol. The zero-order valence-electron chi connectivity index (χ0n) is 10.4. The van der Waals surface area contributed by atoms with E-state index in [1.807, 2.05) is 6.07 Å². The molecule has 1 saturated heterocycles. The molecule has 0 amide bonds. The summed E-state index contributed by atoms with van der Waals surface area (Å²) < 4.78 is 31.2. The molecule has 0 radical (unpaired) electrons. The van der Waals surface area contributed by atoms with Gasteiger partial charge in [-0.25, -0.2) is 13.2 Å². The largest absolute Gasteiger partial charge is 0.376 e. The van der Waals surface area contributed by atoms with Gasteiger partial charge in [-0.15, -0.1) is 0 Å². The van der Waals surface area contributed by atoms with Gasteiger partial charge in [0.15, 0.2) is 6.17 Å². The number of hydrogen-bond acceptors (Lipinski definition) is 6. The van der Waals surface area contributed by atoms with Gasteiger partial charge in [0.1, 0.15) is 0 Å². The number of nitrogens with zero attached hydrogens (tertiary/aromatic N) is 3. The highest BCUT2D eigenvalue weighted by atomic mass is 32.2. The lowest BCUT2D eigenvalue weighted by Gasteiger charge is -2.30. The van der Waals surface area contributed by atoms with Crippen LogP contribution in [0.2, 0.25) is 0 Å².